The molecule has 33 heavy (non-hydrogen) atoms. The molecule has 0 saturated carbocycles. The molecule has 6 nitrogen and oxygen atoms in total. The van der Waals surface area contributed by atoms with Gasteiger partial charge in [-0.15, -0.1) is 0 Å². The van der Waals surface area contributed by atoms with Gasteiger partial charge in [-0.3, -0.25) is 9.36 Å². The van der Waals surface area contributed by atoms with Crippen LogP contribution >= 0.6 is 35.4 Å². The molecule has 0 aliphatic heterocycles. The lowest BCUT2D eigenvalue weighted by atomic mass is 10.2. The number of thiocarbonyl (C=S) groups is 1. The highest BCUT2D eigenvalue weighted by atomic mass is 35.5. The first kappa shape index (κ1) is 23.2. The molecule has 0 atom stereocenters. The highest BCUT2D eigenvalue weighted by Gasteiger charge is 2.16. The van der Waals surface area contributed by atoms with Crippen molar-refractivity contribution in [1.82, 2.24) is 19.6 Å². The van der Waals surface area contributed by atoms with E-state index in [0.29, 0.717) is 33.1 Å². The summed E-state index contributed by atoms with van der Waals surface area (Å²) in [5.41, 5.74) is 3.65. The van der Waals surface area contributed by atoms with Crippen LogP contribution in [0.4, 0.5) is 15.9 Å². The molecule has 2 aromatic heterocycles. The average Bonchev–Trinajstić information content (AvgIpc) is 3.31. The van der Waals surface area contributed by atoms with Crippen molar-refractivity contribution in [2.75, 3.05) is 10.6 Å². The fraction of sp³-hybridized carbons (Fsp3) is 0.174. The summed E-state index contributed by atoms with van der Waals surface area (Å²) in [6.45, 7) is 4.51. The van der Waals surface area contributed by atoms with Crippen LogP contribution in [-0.2, 0) is 13.1 Å². The molecule has 0 aliphatic rings. The van der Waals surface area contributed by atoms with E-state index >= 15 is 0 Å². The third kappa shape index (κ3) is 5.35. The predicted molar refractivity (Wildman–Crippen MR) is 135 cm³/mol. The van der Waals surface area contributed by atoms with E-state index in [-0.39, 0.29) is 12.4 Å². The van der Waals surface area contributed by atoms with Crippen LogP contribution in [0.1, 0.15) is 22.5 Å². The van der Waals surface area contributed by atoms with E-state index in [4.69, 9.17) is 35.4 Å². The number of aromatic nitrogens is 4. The van der Waals surface area contributed by atoms with E-state index in [1.165, 1.54) is 6.07 Å². The zero-order valence-corrected chi connectivity index (χ0v) is 20.3. The molecule has 0 saturated heterocycles. The van der Waals surface area contributed by atoms with Crippen molar-refractivity contribution in [3.63, 3.8) is 0 Å². The zero-order valence-electron chi connectivity index (χ0n) is 17.9. The van der Waals surface area contributed by atoms with Crippen molar-refractivity contribution >= 4 is 52.0 Å². The van der Waals surface area contributed by atoms with Crippen molar-refractivity contribution in [3.8, 4) is 0 Å². The lowest BCUT2D eigenvalue weighted by Crippen LogP contribution is -2.20. The van der Waals surface area contributed by atoms with E-state index in [0.717, 1.165) is 22.6 Å². The zero-order chi connectivity index (χ0) is 23.5. The van der Waals surface area contributed by atoms with Crippen molar-refractivity contribution in [2.45, 2.75) is 26.9 Å². The molecule has 170 valence electrons. The number of aryl methyl sites for hydroxylation is 1. The molecule has 0 radical (unpaired) electrons. The summed E-state index contributed by atoms with van der Waals surface area (Å²) >= 11 is 17.9. The molecule has 0 spiro atoms. The summed E-state index contributed by atoms with van der Waals surface area (Å²) in [4.78, 5) is 0. The van der Waals surface area contributed by atoms with Gasteiger partial charge in [0.05, 0.1) is 30.2 Å². The largest absolute Gasteiger partial charge is 0.329 e. The molecule has 0 unspecified atom stereocenters. The Bertz CT molecular complexity index is 1300. The highest BCUT2D eigenvalue weighted by molar-refractivity contribution is 7.80. The van der Waals surface area contributed by atoms with Gasteiger partial charge in [0.25, 0.3) is 0 Å². The Kier molecular flexibility index (Phi) is 6.97. The summed E-state index contributed by atoms with van der Waals surface area (Å²) in [5, 5.41) is 16.7. The SMILES string of the molecule is Cc1nn(Cc2c(F)cccc2Cl)c(C)c1NC(=S)Nc1ccn(Cc2ccccc2Cl)n1. The van der Waals surface area contributed by atoms with E-state index in [9.17, 15) is 4.39 Å². The van der Waals surface area contributed by atoms with Crippen molar-refractivity contribution in [3.05, 3.63) is 93.1 Å². The number of hydrogen-bond acceptors (Lipinski definition) is 3. The maximum absolute atomic E-state index is 14.2. The van der Waals surface area contributed by atoms with Gasteiger partial charge in [-0.1, -0.05) is 47.5 Å². The lowest BCUT2D eigenvalue weighted by Gasteiger charge is -2.11. The van der Waals surface area contributed by atoms with Crippen LogP contribution in [0.25, 0.3) is 0 Å². The minimum atomic E-state index is -0.367. The van der Waals surface area contributed by atoms with Gasteiger partial charge < -0.3 is 10.6 Å². The molecule has 2 heterocycles. The van der Waals surface area contributed by atoms with Gasteiger partial charge in [0.1, 0.15) is 5.82 Å². The standard InChI is InChI=1S/C23H21Cl2FN6S/c1-14-22(15(2)32(29-14)13-17-19(25)8-5-9-20(17)26)28-23(33)27-21-10-11-31(30-21)12-16-6-3-4-7-18(16)24/h3-11H,12-13H2,1-2H3,(H2,27,28,30,33). The second-order valence-electron chi connectivity index (χ2n) is 7.47. The topological polar surface area (TPSA) is 59.7 Å². The van der Waals surface area contributed by atoms with Crippen LogP contribution in [0.3, 0.4) is 0 Å². The molecule has 0 aliphatic carbocycles. The molecule has 4 rings (SSSR count). The monoisotopic (exact) mass is 502 g/mol. The Labute approximate surface area is 206 Å². The van der Waals surface area contributed by atoms with Crippen LogP contribution < -0.4 is 10.6 Å². The summed E-state index contributed by atoms with van der Waals surface area (Å²) in [5.74, 6) is 0.231. The third-order valence-corrected chi connectivity index (χ3v) is 6.09. The smallest absolute Gasteiger partial charge is 0.176 e. The molecule has 0 bridgehead atoms. The second-order valence-corrected chi connectivity index (χ2v) is 8.70. The van der Waals surface area contributed by atoms with Crippen molar-refractivity contribution < 1.29 is 4.39 Å². The molecule has 0 fully saturated rings. The maximum Gasteiger partial charge on any atom is 0.176 e. The number of rotatable bonds is 6. The van der Waals surface area contributed by atoms with Gasteiger partial charge in [-0.2, -0.15) is 10.2 Å². The normalized spacial score (nSPS) is 10.9. The Morgan fingerprint density at radius 2 is 1.73 bits per heavy atom. The Morgan fingerprint density at radius 1 is 0.970 bits per heavy atom. The fourth-order valence-electron chi connectivity index (χ4n) is 3.44. The van der Waals surface area contributed by atoms with E-state index < -0.39 is 0 Å². The summed E-state index contributed by atoms with van der Waals surface area (Å²) < 4.78 is 17.7. The summed E-state index contributed by atoms with van der Waals surface area (Å²) in [6.07, 6.45) is 1.85. The number of halogens is 3. The van der Waals surface area contributed by atoms with E-state index in [1.54, 1.807) is 21.5 Å². The average molecular weight is 503 g/mol. The Balaban J connectivity index is 1.43. The first-order valence-electron chi connectivity index (χ1n) is 10.1. The molecule has 10 heteroatoms. The lowest BCUT2D eigenvalue weighted by molar-refractivity contribution is 0.579. The van der Waals surface area contributed by atoms with Gasteiger partial charge in [-0.25, -0.2) is 4.39 Å². The first-order chi connectivity index (χ1) is 15.8. The number of nitrogens with zero attached hydrogens (tertiary/aromatic N) is 4. The van der Waals surface area contributed by atoms with Crippen molar-refractivity contribution in [1.29, 1.82) is 0 Å². The number of benzene rings is 2. The van der Waals surface area contributed by atoms with Crippen molar-refractivity contribution in [2.24, 2.45) is 0 Å². The Hall–Kier alpha value is -2.94. The number of anilines is 2. The van der Waals surface area contributed by atoms with Crippen LogP contribution in [-0.4, -0.2) is 24.7 Å². The molecular formula is C23H21Cl2FN6S. The minimum Gasteiger partial charge on any atom is -0.329 e. The second kappa shape index (κ2) is 9.91. The maximum atomic E-state index is 14.2. The predicted octanol–water partition coefficient (Wildman–Crippen LogP) is 6.05. The Morgan fingerprint density at radius 3 is 2.48 bits per heavy atom. The molecule has 2 aromatic carbocycles. The van der Waals surface area contributed by atoms with Crippen LogP contribution in [0.2, 0.25) is 10.0 Å². The van der Waals surface area contributed by atoms with Crippen LogP contribution in [0.15, 0.2) is 54.7 Å². The van der Waals surface area contributed by atoms with Crippen LogP contribution in [0, 0.1) is 19.7 Å². The number of nitrogens with one attached hydrogen (secondary N) is 2. The first-order valence-corrected chi connectivity index (χ1v) is 11.3. The van der Waals surface area contributed by atoms with Gasteiger partial charge >= 0.3 is 0 Å². The van der Waals surface area contributed by atoms with Gasteiger partial charge in [-0.05, 0) is 49.8 Å². The molecule has 2 N–H and O–H groups in total. The van der Waals surface area contributed by atoms with E-state index in [2.05, 4.69) is 20.8 Å². The minimum absolute atomic E-state index is 0.215. The van der Waals surface area contributed by atoms with Gasteiger partial charge in [0.15, 0.2) is 10.9 Å². The summed E-state index contributed by atoms with van der Waals surface area (Å²) in [7, 11) is 0. The quantitative estimate of drug-likeness (QED) is 0.314. The number of hydrogen-bond donors (Lipinski definition) is 2. The van der Waals surface area contributed by atoms with Crippen LogP contribution in [0.5, 0.6) is 0 Å². The summed E-state index contributed by atoms with van der Waals surface area (Å²) in [6, 6.07) is 14.1. The fourth-order valence-corrected chi connectivity index (χ4v) is 4.07. The van der Waals surface area contributed by atoms with Gasteiger partial charge in [0.2, 0.25) is 0 Å². The molecule has 4 aromatic rings. The highest BCUT2D eigenvalue weighted by Crippen LogP contribution is 2.25. The molecule has 0 amide bonds. The third-order valence-electron chi connectivity index (χ3n) is 5.16. The van der Waals surface area contributed by atoms with Gasteiger partial charge in [0, 0.05) is 27.9 Å². The molecular weight excluding hydrogens is 482 g/mol. The van der Waals surface area contributed by atoms with E-state index in [1.807, 2.05) is 50.4 Å².